The van der Waals surface area contributed by atoms with Gasteiger partial charge in [-0.1, -0.05) is 40.5 Å². The molecule has 0 atom stereocenters. The zero-order valence-corrected chi connectivity index (χ0v) is 38.3. The molecule has 1 aromatic carbocycles. The number of rotatable bonds is 31. The van der Waals surface area contributed by atoms with E-state index in [-0.39, 0.29) is 39.2 Å². The van der Waals surface area contributed by atoms with Gasteiger partial charge in [-0.3, -0.25) is 4.79 Å². The minimum Gasteiger partial charge on any atom is -0.493 e. The largest absolute Gasteiger partial charge is 0.493 e. The van der Waals surface area contributed by atoms with Crippen molar-refractivity contribution >= 4 is 13.5 Å². The maximum Gasteiger partial charge on any atom is 0.303 e. The summed E-state index contributed by atoms with van der Waals surface area (Å²) in [5, 5.41) is 0. The number of carbonyl (C=O) groups excluding carboxylic acids is 1. The topological polar surface area (TPSA) is 90.9 Å². The number of hydrogen-bond donors (Lipinski definition) is 0. The molecule has 1 rings (SSSR count). The normalized spacial score (nSPS) is 13.5. The van der Waals surface area contributed by atoms with E-state index in [1.54, 1.807) is 7.11 Å². The van der Waals surface area contributed by atoms with Crippen LogP contribution in [0.5, 0.6) is 11.5 Å². The summed E-state index contributed by atoms with van der Waals surface area (Å²) in [5.41, 5.74) is -1.58. The Balaban J connectivity index is 2.31. The van der Waals surface area contributed by atoms with Gasteiger partial charge in [-0.05, 0) is 130 Å². The summed E-state index contributed by atoms with van der Waals surface area (Å²) in [4.78, 5) is 11.4. The Morgan fingerprint density at radius 1 is 0.509 bits per heavy atom. The number of esters is 1. The molecule has 9 nitrogen and oxygen atoms in total. The molecular weight excluding hydrogens is 695 g/mol. The molecule has 0 spiro atoms. The molecule has 0 radical (unpaired) electrons. The second kappa shape index (κ2) is 22.9. The van der Waals surface area contributed by atoms with Crippen LogP contribution in [-0.2, 0) is 33.1 Å². The van der Waals surface area contributed by atoms with E-state index in [0.717, 1.165) is 69.5 Å². The van der Waals surface area contributed by atoms with E-state index >= 15 is 0 Å². The first-order valence-corrected chi connectivity index (χ1v) is 20.9. The fourth-order valence-electron chi connectivity index (χ4n) is 6.01. The van der Waals surface area contributed by atoms with Crippen LogP contribution in [0.15, 0.2) is 24.3 Å². The first-order chi connectivity index (χ1) is 25.3. The highest BCUT2D eigenvalue weighted by Gasteiger charge is 2.39. The van der Waals surface area contributed by atoms with Crippen molar-refractivity contribution in [2.45, 2.75) is 190 Å². The Morgan fingerprint density at radius 2 is 0.909 bits per heavy atom. The fraction of sp³-hybridized carbons (Fsp3) is 0.844. The van der Waals surface area contributed by atoms with Gasteiger partial charge in [0.15, 0.2) is 0 Å². The molecule has 0 saturated carbocycles. The molecular formula is C45H83BO9. The average molecular weight is 779 g/mol. The van der Waals surface area contributed by atoms with Crippen molar-refractivity contribution in [2.75, 3.05) is 46.7 Å². The van der Waals surface area contributed by atoms with Gasteiger partial charge in [-0.2, -0.15) is 0 Å². The standard InChI is InChI=1S/C45H83BO9/c1-36(47)55-43(10,11)29-34-53-44(12,13)39(2,3)25-17-19-30-51-41(6,7)27-32-49-37-21-23-38(24-22-37)50-33-28-42(8,9)52-31-20-18-26-40(4,5)45(14,15)54-35-46-48-16/h21-24,46H,17-20,25-35H2,1-16H3. The highest BCUT2D eigenvalue weighted by Crippen LogP contribution is 2.40. The predicted octanol–water partition coefficient (Wildman–Crippen LogP) is 10.5. The molecule has 55 heavy (non-hydrogen) atoms. The van der Waals surface area contributed by atoms with E-state index in [4.69, 9.17) is 37.8 Å². The first kappa shape index (κ1) is 51.2. The molecule has 0 N–H and O–H groups in total. The number of benzene rings is 1. The van der Waals surface area contributed by atoms with Crippen LogP contribution in [-0.4, -0.2) is 88.1 Å². The van der Waals surface area contributed by atoms with Crippen molar-refractivity contribution < 1.29 is 42.6 Å². The van der Waals surface area contributed by atoms with E-state index in [2.05, 4.69) is 83.1 Å². The van der Waals surface area contributed by atoms with E-state index in [0.29, 0.717) is 46.8 Å². The van der Waals surface area contributed by atoms with Gasteiger partial charge in [0.1, 0.15) is 17.1 Å². The third-order valence-electron chi connectivity index (χ3n) is 11.7. The Labute approximate surface area is 338 Å². The minimum atomic E-state index is -0.534. The third-order valence-corrected chi connectivity index (χ3v) is 11.7. The highest BCUT2D eigenvalue weighted by molar-refractivity contribution is 6.26. The van der Waals surface area contributed by atoms with Crippen LogP contribution in [0.4, 0.5) is 0 Å². The van der Waals surface area contributed by atoms with Crippen LogP contribution in [0.3, 0.4) is 0 Å². The first-order valence-electron chi connectivity index (χ1n) is 20.9. The Bertz CT molecular complexity index is 1210. The van der Waals surface area contributed by atoms with Gasteiger partial charge in [0.2, 0.25) is 0 Å². The van der Waals surface area contributed by atoms with Crippen LogP contribution in [0, 0.1) is 10.8 Å². The van der Waals surface area contributed by atoms with Gasteiger partial charge in [0, 0.05) is 46.5 Å². The summed E-state index contributed by atoms with van der Waals surface area (Å²) >= 11 is 0. The van der Waals surface area contributed by atoms with Crippen LogP contribution in [0.25, 0.3) is 0 Å². The molecule has 0 aliphatic heterocycles. The lowest BCUT2D eigenvalue weighted by Crippen LogP contribution is -2.43. The lowest BCUT2D eigenvalue weighted by Gasteiger charge is -2.42. The monoisotopic (exact) mass is 779 g/mol. The molecule has 0 saturated heterocycles. The molecule has 0 fully saturated rings. The number of unbranched alkanes of at least 4 members (excludes halogenated alkanes) is 2. The Morgan fingerprint density at radius 3 is 1.31 bits per heavy atom. The lowest BCUT2D eigenvalue weighted by atomic mass is 9.73. The van der Waals surface area contributed by atoms with Crippen LogP contribution in [0.1, 0.15) is 162 Å². The zero-order chi connectivity index (χ0) is 42.0. The molecule has 1 aromatic rings. The molecule has 0 heterocycles. The summed E-state index contributed by atoms with van der Waals surface area (Å²) in [6.07, 6.45) is 8.48. The molecule has 320 valence electrons. The maximum absolute atomic E-state index is 11.4. The average Bonchev–Trinajstić information content (AvgIpc) is 3.04. The number of carbonyl (C=O) groups is 1. The minimum absolute atomic E-state index is 0.0233. The number of ether oxygens (including phenoxy) is 7. The van der Waals surface area contributed by atoms with Crippen LogP contribution < -0.4 is 9.47 Å². The summed E-state index contributed by atoms with van der Waals surface area (Å²) < 4.78 is 47.6. The Hall–Kier alpha value is -1.85. The lowest BCUT2D eigenvalue weighted by molar-refractivity contribution is -0.158. The van der Waals surface area contributed by atoms with E-state index in [1.165, 1.54) is 6.92 Å². The van der Waals surface area contributed by atoms with Gasteiger partial charge in [-0.25, -0.2) is 0 Å². The molecule has 10 heteroatoms. The van der Waals surface area contributed by atoms with Gasteiger partial charge in [-0.15, -0.1) is 0 Å². The second-order valence-corrected chi connectivity index (χ2v) is 19.4. The van der Waals surface area contributed by atoms with Crippen LogP contribution in [0.2, 0.25) is 0 Å². The molecule has 0 bridgehead atoms. The van der Waals surface area contributed by atoms with E-state index < -0.39 is 5.60 Å². The summed E-state index contributed by atoms with van der Waals surface area (Å²) in [5.74, 6) is 1.38. The fourth-order valence-corrected chi connectivity index (χ4v) is 6.01. The molecule has 0 unspecified atom stereocenters. The van der Waals surface area contributed by atoms with Gasteiger partial charge < -0.3 is 37.8 Å². The van der Waals surface area contributed by atoms with Crippen molar-refractivity contribution in [1.82, 2.24) is 0 Å². The molecule has 0 aliphatic rings. The summed E-state index contributed by atoms with van der Waals surface area (Å²) in [6.45, 7) is 35.3. The van der Waals surface area contributed by atoms with E-state index in [1.807, 2.05) is 38.1 Å². The number of hydrogen-bond acceptors (Lipinski definition) is 9. The predicted molar refractivity (Wildman–Crippen MR) is 227 cm³/mol. The SMILES string of the molecule is COBCOC(C)(C)C(C)(C)CCCCOC(C)(C)CCOc1ccc(OCCC(C)(C)OCCCCC(C)(C)C(C)(C)OCCC(C)(C)OC(C)=O)cc1. The van der Waals surface area contributed by atoms with Crippen molar-refractivity contribution in [1.29, 1.82) is 0 Å². The van der Waals surface area contributed by atoms with Crippen LogP contribution >= 0.6 is 0 Å². The highest BCUT2D eigenvalue weighted by atomic mass is 16.6. The summed E-state index contributed by atoms with van der Waals surface area (Å²) in [6, 6.07) is 7.85. The molecule has 0 aromatic heterocycles. The molecule has 0 aliphatic carbocycles. The Kier molecular flexibility index (Phi) is 21.3. The van der Waals surface area contributed by atoms with Crippen molar-refractivity contribution in [2.24, 2.45) is 10.8 Å². The smallest absolute Gasteiger partial charge is 0.303 e. The molecule has 0 amide bonds. The van der Waals surface area contributed by atoms with Crippen molar-refractivity contribution in [3.05, 3.63) is 24.3 Å². The summed E-state index contributed by atoms with van der Waals surface area (Å²) in [7, 11) is 2.32. The van der Waals surface area contributed by atoms with Gasteiger partial charge in [0.25, 0.3) is 0 Å². The second-order valence-electron chi connectivity index (χ2n) is 19.4. The van der Waals surface area contributed by atoms with Gasteiger partial charge in [0.05, 0.1) is 48.7 Å². The van der Waals surface area contributed by atoms with Crippen molar-refractivity contribution in [3.8, 4) is 11.5 Å². The van der Waals surface area contributed by atoms with Crippen molar-refractivity contribution in [3.63, 3.8) is 0 Å². The third kappa shape index (κ3) is 20.9. The zero-order valence-electron chi connectivity index (χ0n) is 38.3. The van der Waals surface area contributed by atoms with Gasteiger partial charge >= 0.3 is 13.5 Å². The maximum atomic E-state index is 11.4. The van der Waals surface area contributed by atoms with E-state index in [9.17, 15) is 4.79 Å². The quantitative estimate of drug-likeness (QED) is 0.0415.